The third kappa shape index (κ3) is 3.09. The molecule has 6 heteroatoms. The summed E-state index contributed by atoms with van der Waals surface area (Å²) in [6, 6.07) is 3.74. The molecular weight excluding hydrogens is 258 g/mol. The number of esters is 1. The van der Waals surface area contributed by atoms with Gasteiger partial charge in [0.05, 0.1) is 12.7 Å². The maximum Gasteiger partial charge on any atom is 0.348 e. The highest BCUT2D eigenvalue weighted by Crippen LogP contribution is 2.35. The van der Waals surface area contributed by atoms with E-state index in [0.717, 1.165) is 6.07 Å². The first kappa shape index (κ1) is 13.3. The van der Waals surface area contributed by atoms with Crippen LogP contribution in [0.5, 0.6) is 0 Å². The van der Waals surface area contributed by atoms with Gasteiger partial charge in [-0.1, -0.05) is 0 Å². The molecule has 16 heavy (non-hydrogen) atoms. The van der Waals surface area contributed by atoms with E-state index >= 15 is 0 Å². The number of rotatable bonds is 3. The zero-order valence-corrected chi connectivity index (χ0v) is 10.2. The SMILES string of the molecule is COC(=O)c1cc(SC)cc(C(F)(F)Cl)c1. The second kappa shape index (κ2) is 5.01. The Morgan fingerprint density at radius 2 is 2.06 bits per heavy atom. The van der Waals surface area contributed by atoms with Crippen molar-refractivity contribution in [2.24, 2.45) is 0 Å². The van der Waals surface area contributed by atoms with Gasteiger partial charge in [-0.15, -0.1) is 11.8 Å². The van der Waals surface area contributed by atoms with Gasteiger partial charge in [-0.05, 0) is 36.1 Å². The minimum absolute atomic E-state index is 0.0599. The molecule has 1 aromatic rings. The molecule has 0 saturated heterocycles. The quantitative estimate of drug-likeness (QED) is 0.476. The lowest BCUT2D eigenvalue weighted by molar-refractivity contribution is 0.0599. The fourth-order valence-electron chi connectivity index (χ4n) is 1.12. The fourth-order valence-corrected chi connectivity index (χ4v) is 1.72. The van der Waals surface area contributed by atoms with Crippen LogP contribution in [0.2, 0.25) is 0 Å². The summed E-state index contributed by atoms with van der Waals surface area (Å²) in [5, 5.41) is -3.49. The highest BCUT2D eigenvalue weighted by molar-refractivity contribution is 7.98. The van der Waals surface area contributed by atoms with E-state index < -0.39 is 16.9 Å². The highest BCUT2D eigenvalue weighted by Gasteiger charge is 2.29. The zero-order valence-electron chi connectivity index (χ0n) is 8.59. The molecule has 88 valence electrons. The third-order valence-corrected chi connectivity index (χ3v) is 2.82. The normalized spacial score (nSPS) is 11.3. The summed E-state index contributed by atoms with van der Waals surface area (Å²) < 4.78 is 30.3. The number of ether oxygens (including phenoxy) is 1. The largest absolute Gasteiger partial charge is 0.465 e. The third-order valence-electron chi connectivity index (χ3n) is 1.89. The maximum atomic E-state index is 12.9. The number of carbonyl (C=O) groups is 1. The monoisotopic (exact) mass is 266 g/mol. The zero-order chi connectivity index (χ0) is 12.3. The van der Waals surface area contributed by atoms with Crippen LogP contribution in [0.3, 0.4) is 0 Å². The van der Waals surface area contributed by atoms with Crippen LogP contribution in [0.25, 0.3) is 0 Å². The van der Waals surface area contributed by atoms with Gasteiger partial charge in [0.2, 0.25) is 0 Å². The predicted molar refractivity (Wildman–Crippen MR) is 59.3 cm³/mol. The standard InChI is InChI=1S/C10H9ClF2O2S/c1-15-9(14)6-3-7(10(11,12)13)5-8(4-6)16-2/h3-5H,1-2H3. The smallest absolute Gasteiger partial charge is 0.348 e. The van der Waals surface area contributed by atoms with Gasteiger partial charge >= 0.3 is 11.4 Å². The fraction of sp³-hybridized carbons (Fsp3) is 0.300. The minimum Gasteiger partial charge on any atom is -0.465 e. The van der Waals surface area contributed by atoms with E-state index in [1.54, 1.807) is 6.26 Å². The summed E-state index contributed by atoms with van der Waals surface area (Å²) in [6.45, 7) is 0. The second-order valence-electron chi connectivity index (χ2n) is 2.94. The second-order valence-corrected chi connectivity index (χ2v) is 4.29. The van der Waals surface area contributed by atoms with Crippen LogP contribution >= 0.6 is 23.4 Å². The number of hydrogen-bond acceptors (Lipinski definition) is 3. The molecule has 0 spiro atoms. The Labute approximate surface area is 101 Å². The molecule has 1 aromatic carbocycles. The Balaban J connectivity index is 3.27. The Morgan fingerprint density at radius 1 is 1.44 bits per heavy atom. The molecule has 0 aromatic heterocycles. The topological polar surface area (TPSA) is 26.3 Å². The van der Waals surface area contributed by atoms with Gasteiger partial charge in [-0.25, -0.2) is 4.79 Å². The Kier molecular flexibility index (Phi) is 4.15. The molecule has 0 bridgehead atoms. The number of carbonyl (C=O) groups excluding carboxylic acids is 1. The number of methoxy groups -OCH3 is 1. The van der Waals surface area contributed by atoms with Crippen LogP contribution < -0.4 is 0 Å². The van der Waals surface area contributed by atoms with Gasteiger partial charge in [0, 0.05) is 10.5 Å². The van der Waals surface area contributed by atoms with Crippen molar-refractivity contribution in [2.45, 2.75) is 10.3 Å². The summed E-state index contributed by atoms with van der Waals surface area (Å²) in [5.41, 5.74) is -0.355. The molecule has 0 aliphatic carbocycles. The van der Waals surface area contributed by atoms with Crippen molar-refractivity contribution >= 4 is 29.3 Å². The van der Waals surface area contributed by atoms with Crippen molar-refractivity contribution in [2.75, 3.05) is 13.4 Å². The van der Waals surface area contributed by atoms with Crippen molar-refractivity contribution in [1.29, 1.82) is 0 Å². The van der Waals surface area contributed by atoms with E-state index in [0.29, 0.717) is 4.90 Å². The summed E-state index contributed by atoms with van der Waals surface area (Å²) in [4.78, 5) is 11.8. The van der Waals surface area contributed by atoms with Gasteiger partial charge in [0.15, 0.2) is 0 Å². The number of alkyl halides is 3. The molecule has 0 atom stereocenters. The number of hydrogen-bond donors (Lipinski definition) is 0. The van der Waals surface area contributed by atoms with Gasteiger partial charge in [0.1, 0.15) is 0 Å². The van der Waals surface area contributed by atoms with Crippen LogP contribution in [0.1, 0.15) is 15.9 Å². The van der Waals surface area contributed by atoms with Crippen LogP contribution in [0, 0.1) is 0 Å². The van der Waals surface area contributed by atoms with E-state index in [1.165, 1.54) is 31.0 Å². The van der Waals surface area contributed by atoms with E-state index in [2.05, 4.69) is 4.74 Å². The number of halogens is 3. The van der Waals surface area contributed by atoms with Gasteiger partial charge in [-0.2, -0.15) is 8.78 Å². The number of thioether (sulfide) groups is 1. The Morgan fingerprint density at radius 3 is 2.50 bits per heavy atom. The molecule has 0 N–H and O–H groups in total. The molecular formula is C10H9ClF2O2S. The predicted octanol–water partition coefficient (Wildman–Crippen LogP) is 3.48. The van der Waals surface area contributed by atoms with Crippen LogP contribution in [-0.2, 0) is 10.1 Å². The van der Waals surface area contributed by atoms with Gasteiger partial charge in [-0.3, -0.25) is 0 Å². The van der Waals surface area contributed by atoms with E-state index in [4.69, 9.17) is 11.6 Å². The van der Waals surface area contributed by atoms with Crippen LogP contribution in [-0.4, -0.2) is 19.3 Å². The Bertz CT molecular complexity index is 404. The van der Waals surface area contributed by atoms with Gasteiger partial charge in [0.25, 0.3) is 0 Å². The maximum absolute atomic E-state index is 12.9. The average molecular weight is 267 g/mol. The molecule has 0 unspecified atom stereocenters. The molecule has 0 radical (unpaired) electrons. The molecule has 1 rings (SSSR count). The first-order valence-electron chi connectivity index (χ1n) is 4.23. The molecule has 0 heterocycles. The molecule has 2 nitrogen and oxygen atoms in total. The van der Waals surface area contributed by atoms with E-state index in [9.17, 15) is 13.6 Å². The average Bonchev–Trinajstić information content (AvgIpc) is 2.26. The summed E-state index contributed by atoms with van der Waals surface area (Å²) in [6.07, 6.45) is 1.71. The first-order chi connectivity index (χ1) is 7.38. The lowest BCUT2D eigenvalue weighted by Gasteiger charge is -2.11. The molecule has 0 aliphatic rings. The Hall–Kier alpha value is -0.810. The van der Waals surface area contributed by atoms with Crippen LogP contribution in [0.15, 0.2) is 23.1 Å². The van der Waals surface area contributed by atoms with Crippen LogP contribution in [0.4, 0.5) is 8.78 Å². The van der Waals surface area contributed by atoms with E-state index in [1.807, 2.05) is 0 Å². The highest BCUT2D eigenvalue weighted by atomic mass is 35.5. The minimum atomic E-state index is -3.49. The first-order valence-corrected chi connectivity index (χ1v) is 5.83. The lowest BCUT2D eigenvalue weighted by Crippen LogP contribution is -2.08. The number of benzene rings is 1. The van der Waals surface area contributed by atoms with Crippen molar-refractivity contribution in [3.63, 3.8) is 0 Å². The molecule has 0 aliphatic heterocycles. The molecule has 0 amide bonds. The van der Waals surface area contributed by atoms with Crippen molar-refractivity contribution in [1.82, 2.24) is 0 Å². The lowest BCUT2D eigenvalue weighted by atomic mass is 10.1. The van der Waals surface area contributed by atoms with Crippen molar-refractivity contribution in [3.8, 4) is 0 Å². The summed E-state index contributed by atoms with van der Waals surface area (Å²) in [5.74, 6) is -0.668. The summed E-state index contributed by atoms with van der Waals surface area (Å²) >= 11 is 6.15. The van der Waals surface area contributed by atoms with E-state index in [-0.39, 0.29) is 5.56 Å². The molecule has 0 fully saturated rings. The molecule has 0 saturated carbocycles. The summed E-state index contributed by atoms with van der Waals surface area (Å²) in [7, 11) is 1.19. The van der Waals surface area contributed by atoms with Gasteiger partial charge < -0.3 is 4.74 Å². The van der Waals surface area contributed by atoms with Crippen molar-refractivity contribution < 1.29 is 18.3 Å². The van der Waals surface area contributed by atoms with Crippen molar-refractivity contribution in [3.05, 3.63) is 29.3 Å².